The van der Waals surface area contributed by atoms with Crippen LogP contribution in [0, 0.1) is 5.82 Å². The summed E-state index contributed by atoms with van der Waals surface area (Å²) in [5, 5.41) is 0.502. The Morgan fingerprint density at radius 2 is 1.88 bits per heavy atom. The lowest BCUT2D eigenvalue weighted by Crippen LogP contribution is -2.39. The van der Waals surface area contributed by atoms with Crippen LogP contribution in [0.5, 0.6) is 0 Å². The quantitative estimate of drug-likeness (QED) is 0.451. The Bertz CT molecular complexity index is 1130. The van der Waals surface area contributed by atoms with E-state index in [-0.39, 0.29) is 17.0 Å². The highest BCUT2D eigenvalue weighted by Gasteiger charge is 2.27. The highest BCUT2D eigenvalue weighted by atomic mass is 19.1. The molecule has 1 aromatic heterocycles. The first-order valence-corrected chi connectivity index (χ1v) is 10.5. The van der Waals surface area contributed by atoms with Crippen LogP contribution in [0.15, 0.2) is 53.3 Å². The first kappa shape index (κ1) is 23.6. The third kappa shape index (κ3) is 5.20. The predicted octanol–water partition coefficient (Wildman–Crippen LogP) is 3.42. The molecule has 3 aromatic rings. The maximum absolute atomic E-state index is 13.8. The van der Waals surface area contributed by atoms with Crippen molar-refractivity contribution in [2.75, 3.05) is 34.0 Å². The summed E-state index contributed by atoms with van der Waals surface area (Å²) in [6.07, 6.45) is 0.581. The van der Waals surface area contributed by atoms with Crippen molar-refractivity contribution < 1.29 is 18.7 Å². The topological polar surface area (TPSA) is 73.7 Å². The third-order valence-corrected chi connectivity index (χ3v) is 5.33. The molecule has 1 amide bonds. The van der Waals surface area contributed by atoms with Gasteiger partial charge in [0, 0.05) is 32.9 Å². The average molecular weight is 442 g/mol. The number of carbonyl (C=O) groups is 1. The molecule has 0 bridgehead atoms. The fourth-order valence-electron chi connectivity index (χ4n) is 3.68. The Balaban J connectivity index is 2.08. The molecule has 1 heterocycles. The molecule has 8 heteroatoms. The van der Waals surface area contributed by atoms with Gasteiger partial charge in [0.2, 0.25) is 0 Å². The molecular weight excluding hydrogens is 413 g/mol. The summed E-state index contributed by atoms with van der Waals surface area (Å²) >= 11 is 0. The van der Waals surface area contributed by atoms with Gasteiger partial charge in [-0.15, -0.1) is 0 Å². The fourth-order valence-corrected chi connectivity index (χ4v) is 3.68. The minimum absolute atomic E-state index is 0.190. The van der Waals surface area contributed by atoms with Crippen LogP contribution in [-0.4, -0.2) is 54.3 Å². The maximum atomic E-state index is 13.8. The summed E-state index contributed by atoms with van der Waals surface area (Å²) in [7, 11) is 3.16. The summed E-state index contributed by atoms with van der Waals surface area (Å²) in [4.78, 5) is 32.9. The van der Waals surface area contributed by atoms with Crippen molar-refractivity contribution in [3.05, 3.63) is 76.1 Å². The van der Waals surface area contributed by atoms with Gasteiger partial charge in [-0.25, -0.2) is 9.37 Å². The molecule has 0 radical (unpaired) electrons. The Kier molecular flexibility index (Phi) is 8.08. The van der Waals surface area contributed by atoms with Gasteiger partial charge in [0.05, 0.1) is 30.1 Å². The molecule has 1 unspecified atom stereocenters. The number of para-hydroxylation sites is 1. The summed E-state index contributed by atoms with van der Waals surface area (Å²) in [6.45, 7) is 3.26. The number of benzene rings is 2. The average Bonchev–Trinajstić information content (AvgIpc) is 2.80. The number of aromatic nitrogens is 2. The van der Waals surface area contributed by atoms with Gasteiger partial charge in [0.25, 0.3) is 11.5 Å². The number of rotatable bonds is 10. The van der Waals surface area contributed by atoms with Gasteiger partial charge < -0.3 is 14.4 Å². The van der Waals surface area contributed by atoms with E-state index in [2.05, 4.69) is 0 Å². The van der Waals surface area contributed by atoms with Gasteiger partial charge in [-0.3, -0.25) is 14.2 Å². The number of halogens is 1. The van der Waals surface area contributed by atoms with Gasteiger partial charge in [-0.2, -0.15) is 0 Å². The van der Waals surface area contributed by atoms with Crippen molar-refractivity contribution in [3.8, 4) is 0 Å². The van der Waals surface area contributed by atoms with E-state index in [9.17, 15) is 14.0 Å². The second-order valence-electron chi connectivity index (χ2n) is 7.47. The molecule has 1 atom stereocenters. The minimum Gasteiger partial charge on any atom is -0.385 e. The molecule has 7 nitrogen and oxygen atoms in total. The normalized spacial score (nSPS) is 12.1. The number of nitrogens with zero attached hydrogens (tertiary/aromatic N) is 3. The number of ether oxygens (including phenoxy) is 2. The lowest BCUT2D eigenvalue weighted by molar-refractivity contribution is 0.0653. The Morgan fingerprint density at radius 3 is 2.59 bits per heavy atom. The van der Waals surface area contributed by atoms with Gasteiger partial charge >= 0.3 is 0 Å². The summed E-state index contributed by atoms with van der Waals surface area (Å²) in [5.41, 5.74) is 0.605. The van der Waals surface area contributed by atoms with Crippen molar-refractivity contribution >= 4 is 16.8 Å². The molecular formula is C24H28FN3O4. The van der Waals surface area contributed by atoms with Crippen molar-refractivity contribution in [1.29, 1.82) is 0 Å². The van der Waals surface area contributed by atoms with Crippen molar-refractivity contribution in [2.45, 2.75) is 25.9 Å². The number of carbonyl (C=O) groups excluding carboxylic acids is 1. The maximum Gasteiger partial charge on any atom is 0.261 e. The van der Waals surface area contributed by atoms with E-state index in [4.69, 9.17) is 14.5 Å². The molecule has 0 fully saturated rings. The highest BCUT2D eigenvalue weighted by Crippen LogP contribution is 2.23. The lowest BCUT2D eigenvalue weighted by Gasteiger charge is -2.30. The zero-order valence-corrected chi connectivity index (χ0v) is 18.6. The Morgan fingerprint density at radius 1 is 1.12 bits per heavy atom. The summed E-state index contributed by atoms with van der Waals surface area (Å²) in [5.74, 6) is -0.372. The SMILES string of the molecule is COCCCN(C(=O)c1cccc(F)c1)C(C)c1nc2ccccc2c(=O)n1CCOC. The van der Waals surface area contributed by atoms with Crippen molar-refractivity contribution in [1.82, 2.24) is 14.5 Å². The Hall–Kier alpha value is -3.10. The lowest BCUT2D eigenvalue weighted by atomic mass is 10.1. The summed E-state index contributed by atoms with van der Waals surface area (Å²) < 4.78 is 25.7. The number of methoxy groups -OCH3 is 2. The zero-order valence-electron chi connectivity index (χ0n) is 18.6. The molecule has 3 rings (SSSR count). The van der Waals surface area contributed by atoms with Crippen molar-refractivity contribution in [3.63, 3.8) is 0 Å². The fraction of sp³-hybridized carbons (Fsp3) is 0.375. The molecule has 0 aliphatic heterocycles. The number of hydrogen-bond donors (Lipinski definition) is 0. The van der Waals surface area contributed by atoms with Crippen LogP contribution in [0.25, 0.3) is 10.9 Å². The molecule has 0 saturated heterocycles. The molecule has 0 aliphatic carbocycles. The number of amides is 1. The van der Waals surface area contributed by atoms with Crippen molar-refractivity contribution in [2.24, 2.45) is 0 Å². The van der Waals surface area contributed by atoms with E-state index in [0.29, 0.717) is 49.5 Å². The van der Waals surface area contributed by atoms with E-state index in [1.807, 2.05) is 13.0 Å². The first-order valence-electron chi connectivity index (χ1n) is 10.5. The van der Waals surface area contributed by atoms with Gasteiger partial charge in [-0.05, 0) is 43.7 Å². The highest BCUT2D eigenvalue weighted by molar-refractivity contribution is 5.94. The van der Waals surface area contributed by atoms with Gasteiger partial charge in [-0.1, -0.05) is 18.2 Å². The van der Waals surface area contributed by atoms with Crippen LogP contribution < -0.4 is 5.56 Å². The standard InChI is InChI=1S/C24H28FN3O4/c1-17(27(12-7-14-31-2)23(29)18-8-6-9-19(25)16-18)22-26-21-11-5-4-10-20(21)24(30)28(22)13-15-32-3/h4-6,8-11,16-17H,7,12-15H2,1-3H3. The van der Waals surface area contributed by atoms with Crippen LogP contribution in [0.3, 0.4) is 0 Å². The molecule has 0 saturated carbocycles. The van der Waals surface area contributed by atoms with Crippen LogP contribution in [0.2, 0.25) is 0 Å². The van der Waals surface area contributed by atoms with E-state index < -0.39 is 11.9 Å². The van der Waals surface area contributed by atoms with Gasteiger partial charge in [0.15, 0.2) is 0 Å². The molecule has 2 aromatic carbocycles. The van der Waals surface area contributed by atoms with Crippen LogP contribution in [0.4, 0.5) is 4.39 Å². The van der Waals surface area contributed by atoms with E-state index >= 15 is 0 Å². The minimum atomic E-state index is -0.545. The number of fused-ring (bicyclic) bond motifs is 1. The number of hydrogen-bond acceptors (Lipinski definition) is 5. The molecule has 0 N–H and O–H groups in total. The smallest absolute Gasteiger partial charge is 0.261 e. The zero-order chi connectivity index (χ0) is 23.1. The second-order valence-corrected chi connectivity index (χ2v) is 7.47. The summed E-state index contributed by atoms with van der Waals surface area (Å²) in [6, 6.07) is 12.2. The molecule has 0 spiro atoms. The first-order chi connectivity index (χ1) is 15.5. The predicted molar refractivity (Wildman–Crippen MR) is 120 cm³/mol. The second kappa shape index (κ2) is 11.0. The van der Waals surface area contributed by atoms with Gasteiger partial charge in [0.1, 0.15) is 11.6 Å². The Labute approximate surface area is 186 Å². The van der Waals surface area contributed by atoms with E-state index in [1.165, 1.54) is 18.2 Å². The molecule has 0 aliphatic rings. The monoisotopic (exact) mass is 441 g/mol. The van der Waals surface area contributed by atoms with E-state index in [1.54, 1.807) is 48.0 Å². The molecule has 32 heavy (non-hydrogen) atoms. The van der Waals surface area contributed by atoms with E-state index in [0.717, 1.165) is 0 Å². The van der Waals surface area contributed by atoms with Crippen LogP contribution in [-0.2, 0) is 16.0 Å². The van der Waals surface area contributed by atoms with Crippen LogP contribution in [0.1, 0.15) is 35.6 Å². The van der Waals surface area contributed by atoms with Crippen LogP contribution >= 0.6 is 0 Å². The third-order valence-electron chi connectivity index (χ3n) is 5.33. The molecule has 170 valence electrons. The largest absolute Gasteiger partial charge is 0.385 e.